The Morgan fingerprint density at radius 2 is 1.78 bits per heavy atom. The van der Waals surface area contributed by atoms with Crippen LogP contribution >= 0.6 is 11.8 Å². The molecule has 6 heteroatoms. The number of amidine groups is 1. The predicted octanol–water partition coefficient (Wildman–Crippen LogP) is 4.65. The lowest BCUT2D eigenvalue weighted by Crippen LogP contribution is -2.30. The van der Waals surface area contributed by atoms with Crippen LogP contribution in [0.2, 0.25) is 0 Å². The van der Waals surface area contributed by atoms with E-state index in [1.54, 1.807) is 26.0 Å². The smallest absolute Gasteiger partial charge is 0.173 e. The summed E-state index contributed by atoms with van der Waals surface area (Å²) in [7, 11) is 3.30. The number of nitrogen functional groups attached to an aromatic ring is 1. The number of rotatable bonds is 4. The van der Waals surface area contributed by atoms with Crippen molar-refractivity contribution in [3.05, 3.63) is 70.8 Å². The number of allylic oxidation sites excluding steroid dienone is 1. The van der Waals surface area contributed by atoms with Crippen molar-refractivity contribution in [2.75, 3.05) is 20.0 Å². The molecular formula is C21H21N3O2S. The molecule has 138 valence electrons. The predicted molar refractivity (Wildman–Crippen MR) is 112 cm³/mol. The third kappa shape index (κ3) is 3.17. The maximum Gasteiger partial charge on any atom is 0.173 e. The second kappa shape index (κ2) is 7.04. The molecule has 2 aliphatic heterocycles. The van der Waals surface area contributed by atoms with Gasteiger partial charge in [-0.05, 0) is 48.2 Å². The normalized spacial score (nSPS) is 18.4. The van der Waals surface area contributed by atoms with E-state index < -0.39 is 0 Å². The summed E-state index contributed by atoms with van der Waals surface area (Å²) < 4.78 is 10.9. The summed E-state index contributed by atoms with van der Waals surface area (Å²) in [6.45, 7) is 2.10. The Labute approximate surface area is 163 Å². The summed E-state index contributed by atoms with van der Waals surface area (Å²) >= 11 is 1.64. The number of nitrogens with zero attached hydrogens (tertiary/aromatic N) is 2. The number of aliphatic imine (C=N–C) groups is 1. The van der Waals surface area contributed by atoms with Crippen LogP contribution in [0.3, 0.4) is 0 Å². The Balaban J connectivity index is 1.80. The molecule has 0 saturated carbocycles. The molecule has 2 N–H and O–H groups in total. The maximum absolute atomic E-state index is 5.84. The molecule has 0 fully saturated rings. The second-order valence-corrected chi connectivity index (χ2v) is 7.21. The number of benzene rings is 2. The average molecular weight is 379 g/mol. The van der Waals surface area contributed by atoms with Gasteiger partial charge in [-0.15, -0.1) is 0 Å². The van der Waals surface area contributed by atoms with Gasteiger partial charge in [0, 0.05) is 16.9 Å². The highest BCUT2D eigenvalue weighted by Crippen LogP contribution is 2.43. The zero-order valence-electron chi connectivity index (χ0n) is 15.5. The third-order valence-electron chi connectivity index (χ3n) is 4.69. The van der Waals surface area contributed by atoms with Crippen molar-refractivity contribution >= 4 is 28.3 Å². The second-order valence-electron chi connectivity index (χ2n) is 6.37. The molecule has 2 aromatic carbocycles. The molecule has 0 saturated heterocycles. The van der Waals surface area contributed by atoms with Gasteiger partial charge < -0.3 is 20.1 Å². The van der Waals surface area contributed by atoms with Crippen LogP contribution in [0.1, 0.15) is 24.1 Å². The Bertz CT molecular complexity index is 964. The van der Waals surface area contributed by atoms with Gasteiger partial charge in [-0.2, -0.15) is 0 Å². The fourth-order valence-electron chi connectivity index (χ4n) is 3.28. The largest absolute Gasteiger partial charge is 0.493 e. The topological polar surface area (TPSA) is 60.1 Å². The molecular weight excluding hydrogens is 358 g/mol. The molecule has 2 aliphatic rings. The molecule has 0 radical (unpaired) electrons. The number of anilines is 1. The fraction of sp³-hybridized carbons (Fsp3) is 0.190. The zero-order chi connectivity index (χ0) is 19.0. The van der Waals surface area contributed by atoms with Crippen LogP contribution in [0, 0.1) is 0 Å². The Kier molecular flexibility index (Phi) is 4.58. The van der Waals surface area contributed by atoms with E-state index in [0.717, 1.165) is 39.2 Å². The van der Waals surface area contributed by atoms with Crippen molar-refractivity contribution in [3.63, 3.8) is 0 Å². The highest BCUT2D eigenvalue weighted by atomic mass is 32.2. The monoisotopic (exact) mass is 379 g/mol. The molecule has 1 atom stereocenters. The Hall–Kier alpha value is -2.86. The van der Waals surface area contributed by atoms with Crippen molar-refractivity contribution < 1.29 is 9.47 Å². The fourth-order valence-corrected chi connectivity index (χ4v) is 4.19. The molecule has 1 unspecified atom stereocenters. The summed E-state index contributed by atoms with van der Waals surface area (Å²) in [5.74, 6) is 1.44. The molecule has 0 aliphatic carbocycles. The summed E-state index contributed by atoms with van der Waals surface area (Å²) in [5.41, 5.74) is 10.9. The van der Waals surface area contributed by atoms with E-state index in [0.29, 0.717) is 0 Å². The summed E-state index contributed by atoms with van der Waals surface area (Å²) in [4.78, 5) is 7.11. The highest BCUT2D eigenvalue weighted by molar-refractivity contribution is 8.16. The lowest BCUT2D eigenvalue weighted by Gasteiger charge is -2.32. The lowest BCUT2D eigenvalue weighted by molar-refractivity contribution is 0.353. The van der Waals surface area contributed by atoms with E-state index >= 15 is 0 Å². The first-order valence-electron chi connectivity index (χ1n) is 8.61. The number of hydrogen-bond donors (Lipinski definition) is 1. The van der Waals surface area contributed by atoms with Crippen molar-refractivity contribution in [1.29, 1.82) is 0 Å². The van der Waals surface area contributed by atoms with Crippen molar-refractivity contribution in [3.8, 4) is 11.5 Å². The molecule has 2 heterocycles. The number of fused-ring (bicyclic) bond motifs is 1. The minimum absolute atomic E-state index is 0.0242. The van der Waals surface area contributed by atoms with Gasteiger partial charge >= 0.3 is 0 Å². The van der Waals surface area contributed by atoms with Crippen LogP contribution in [0.5, 0.6) is 11.5 Å². The van der Waals surface area contributed by atoms with Gasteiger partial charge in [-0.3, -0.25) is 0 Å². The minimum atomic E-state index is 0.0242. The average Bonchev–Trinajstić information content (AvgIpc) is 3.08. The summed E-state index contributed by atoms with van der Waals surface area (Å²) in [5, 5.41) is 3.11. The third-order valence-corrected chi connectivity index (χ3v) is 5.64. The van der Waals surface area contributed by atoms with Gasteiger partial charge in [0.15, 0.2) is 16.7 Å². The van der Waals surface area contributed by atoms with Gasteiger partial charge in [0.1, 0.15) is 0 Å². The molecule has 0 bridgehead atoms. The number of hydrogen-bond acceptors (Lipinski definition) is 6. The van der Waals surface area contributed by atoms with E-state index in [2.05, 4.69) is 29.4 Å². The van der Waals surface area contributed by atoms with Gasteiger partial charge in [0.2, 0.25) is 0 Å². The van der Waals surface area contributed by atoms with Gasteiger partial charge in [0.05, 0.1) is 26.0 Å². The molecule has 27 heavy (non-hydrogen) atoms. The van der Waals surface area contributed by atoms with Crippen LogP contribution in [0.4, 0.5) is 5.69 Å². The first kappa shape index (κ1) is 17.5. The molecule has 0 spiro atoms. The van der Waals surface area contributed by atoms with Gasteiger partial charge in [-0.1, -0.05) is 30.0 Å². The first-order valence-corrected chi connectivity index (χ1v) is 9.49. The Morgan fingerprint density at radius 1 is 1.04 bits per heavy atom. The number of methoxy groups -OCH3 is 2. The van der Waals surface area contributed by atoms with Crippen LogP contribution < -0.4 is 15.2 Å². The summed E-state index contributed by atoms with van der Waals surface area (Å²) in [6.07, 6.45) is 2.18. The lowest BCUT2D eigenvalue weighted by atomic mass is 10.00. The van der Waals surface area contributed by atoms with Gasteiger partial charge in [-0.25, -0.2) is 4.99 Å². The van der Waals surface area contributed by atoms with Crippen molar-refractivity contribution in [1.82, 2.24) is 4.90 Å². The number of nitrogens with two attached hydrogens (primary N) is 1. The van der Waals surface area contributed by atoms with E-state index in [1.165, 1.54) is 5.70 Å². The van der Waals surface area contributed by atoms with Crippen LogP contribution in [0.25, 0.3) is 5.70 Å². The van der Waals surface area contributed by atoms with Crippen LogP contribution in [-0.4, -0.2) is 24.3 Å². The number of thioether (sulfide) groups is 1. The first-order chi connectivity index (χ1) is 13.1. The van der Waals surface area contributed by atoms with Crippen LogP contribution in [-0.2, 0) is 0 Å². The minimum Gasteiger partial charge on any atom is -0.493 e. The Morgan fingerprint density at radius 3 is 2.48 bits per heavy atom. The molecule has 5 nitrogen and oxygen atoms in total. The quantitative estimate of drug-likeness (QED) is 0.784. The van der Waals surface area contributed by atoms with Crippen molar-refractivity contribution in [2.45, 2.75) is 13.0 Å². The molecule has 2 aromatic rings. The van der Waals surface area contributed by atoms with E-state index in [-0.39, 0.29) is 6.04 Å². The SMILES string of the molecule is COc1ccc(C2C=C(c3ccc(N)cc3)N=C3SC=C(C)N32)cc1OC. The van der Waals surface area contributed by atoms with Crippen LogP contribution in [0.15, 0.2) is 64.6 Å². The summed E-state index contributed by atoms with van der Waals surface area (Å²) in [6, 6.07) is 13.9. The standard InChI is InChI=1S/C21H21N3O2S/c1-13-12-27-21-23-17(14-4-7-16(22)8-5-14)11-18(24(13)21)15-6-9-19(25-2)20(10-15)26-3/h4-12,18H,22H2,1-3H3. The van der Waals surface area contributed by atoms with Crippen molar-refractivity contribution in [2.24, 2.45) is 4.99 Å². The van der Waals surface area contributed by atoms with E-state index in [4.69, 9.17) is 20.2 Å². The van der Waals surface area contributed by atoms with E-state index in [1.807, 2.05) is 36.4 Å². The van der Waals surface area contributed by atoms with E-state index in [9.17, 15) is 0 Å². The molecule has 4 rings (SSSR count). The molecule has 0 amide bonds. The molecule has 0 aromatic heterocycles. The number of ether oxygens (including phenoxy) is 2. The highest BCUT2D eigenvalue weighted by Gasteiger charge is 2.32. The van der Waals surface area contributed by atoms with Gasteiger partial charge in [0.25, 0.3) is 0 Å². The maximum atomic E-state index is 5.84. The zero-order valence-corrected chi connectivity index (χ0v) is 16.3.